The maximum atomic E-state index is 13.3. The Hall–Kier alpha value is -5.15. The Bertz CT molecular complexity index is 1700. The molecule has 0 unspecified atom stereocenters. The highest BCUT2D eigenvalue weighted by molar-refractivity contribution is 6.36. The first-order valence-electron chi connectivity index (χ1n) is 12.0. The molecule has 1 aliphatic heterocycles. The van der Waals surface area contributed by atoms with Crippen molar-refractivity contribution in [1.29, 1.82) is 0 Å². The predicted molar refractivity (Wildman–Crippen MR) is 146 cm³/mol. The minimum absolute atomic E-state index is 0.0000901. The molecule has 0 aromatic heterocycles. The fourth-order valence-electron chi connectivity index (χ4n) is 4.38. The molecule has 1 atom stereocenters. The van der Waals surface area contributed by atoms with Gasteiger partial charge in [-0.25, -0.2) is 9.69 Å². The lowest BCUT2D eigenvalue weighted by atomic mass is 9.99. The fourth-order valence-corrected chi connectivity index (χ4v) is 4.55. The Labute approximate surface area is 232 Å². The zero-order chi connectivity index (χ0) is 28.6. The number of hydrogen-bond acceptors (Lipinski definition) is 7. The van der Waals surface area contributed by atoms with Crippen LogP contribution in [0.25, 0.3) is 0 Å². The SMILES string of the molecule is Cc1ccc(Cl)cc1N1C(=O)c2ccc(C(=O)O[C@@H](C(=O)c3ccccc3)c3ccc([N+](=O)[O-])cc3)cc2C1=O. The summed E-state index contributed by atoms with van der Waals surface area (Å²) >= 11 is 6.09. The van der Waals surface area contributed by atoms with Crippen molar-refractivity contribution in [2.24, 2.45) is 0 Å². The molecule has 1 heterocycles. The van der Waals surface area contributed by atoms with Crippen LogP contribution in [0.3, 0.4) is 0 Å². The second-order valence-electron chi connectivity index (χ2n) is 9.00. The number of anilines is 1. The third-order valence-corrected chi connectivity index (χ3v) is 6.70. The van der Waals surface area contributed by atoms with Crippen LogP contribution in [0.15, 0.2) is 91.0 Å². The van der Waals surface area contributed by atoms with E-state index in [1.807, 2.05) is 0 Å². The topological polar surface area (TPSA) is 124 Å². The number of ketones is 1. The highest BCUT2D eigenvalue weighted by atomic mass is 35.5. The van der Waals surface area contributed by atoms with Gasteiger partial charge >= 0.3 is 5.97 Å². The lowest BCUT2D eigenvalue weighted by Crippen LogP contribution is -2.30. The molecule has 0 fully saturated rings. The van der Waals surface area contributed by atoms with E-state index in [9.17, 15) is 29.3 Å². The van der Waals surface area contributed by atoms with Crippen molar-refractivity contribution in [3.63, 3.8) is 0 Å². The second kappa shape index (κ2) is 10.5. The normalized spacial score (nSPS) is 13.1. The van der Waals surface area contributed by atoms with Crippen molar-refractivity contribution in [3.05, 3.63) is 140 Å². The van der Waals surface area contributed by atoms with E-state index in [2.05, 4.69) is 0 Å². The first kappa shape index (κ1) is 26.5. The minimum Gasteiger partial charge on any atom is -0.445 e. The molecule has 0 spiro atoms. The molecule has 2 amide bonds. The van der Waals surface area contributed by atoms with Gasteiger partial charge in [-0.3, -0.25) is 24.5 Å². The number of halogens is 1. The van der Waals surface area contributed by atoms with Gasteiger partial charge in [-0.1, -0.05) is 48.0 Å². The molecular weight excluding hydrogens is 536 g/mol. The number of benzene rings is 4. The lowest BCUT2D eigenvalue weighted by Gasteiger charge is -2.18. The summed E-state index contributed by atoms with van der Waals surface area (Å²) in [4.78, 5) is 64.5. The Balaban J connectivity index is 1.47. The average molecular weight is 555 g/mol. The van der Waals surface area contributed by atoms with Crippen LogP contribution < -0.4 is 4.90 Å². The molecule has 5 rings (SSSR count). The fraction of sp³-hybridized carbons (Fsp3) is 0.0667. The molecule has 9 nitrogen and oxygen atoms in total. The van der Waals surface area contributed by atoms with Crippen molar-refractivity contribution in [2.75, 3.05) is 4.90 Å². The quantitative estimate of drug-likeness (QED) is 0.0883. The number of carbonyl (C=O) groups excluding carboxylic acids is 4. The van der Waals surface area contributed by atoms with Crippen LogP contribution in [-0.4, -0.2) is 28.5 Å². The standard InChI is InChI=1S/C30H19ClN2O7/c1-17-7-11-21(31)16-25(17)32-28(35)23-14-10-20(15-24(23)29(32)36)30(37)40-27(26(34)18-5-3-2-4-6-18)19-8-12-22(13-9-19)33(38)39/h2-16,27H,1H3/t27-/m1/s1. The van der Waals surface area contributed by atoms with Crippen LogP contribution in [0.4, 0.5) is 11.4 Å². The summed E-state index contributed by atoms with van der Waals surface area (Å²) in [5, 5.41) is 11.4. The van der Waals surface area contributed by atoms with E-state index in [-0.39, 0.29) is 33.5 Å². The molecule has 0 saturated heterocycles. The predicted octanol–water partition coefficient (Wildman–Crippen LogP) is 6.14. The summed E-state index contributed by atoms with van der Waals surface area (Å²) in [6.07, 6.45) is -1.42. The number of rotatable bonds is 7. The summed E-state index contributed by atoms with van der Waals surface area (Å²) < 4.78 is 5.62. The highest BCUT2D eigenvalue weighted by Crippen LogP contribution is 2.33. The molecule has 0 aliphatic carbocycles. The molecule has 4 aromatic carbocycles. The molecule has 0 saturated carbocycles. The van der Waals surface area contributed by atoms with Crippen molar-refractivity contribution in [3.8, 4) is 0 Å². The van der Waals surface area contributed by atoms with Crippen molar-refractivity contribution in [1.82, 2.24) is 0 Å². The number of fused-ring (bicyclic) bond motifs is 1. The molecule has 10 heteroatoms. The van der Waals surface area contributed by atoms with Crippen molar-refractivity contribution < 1.29 is 28.8 Å². The Morgan fingerprint density at radius 2 is 1.52 bits per heavy atom. The molecule has 0 bridgehead atoms. The number of Topliss-reactive ketones (excluding diaryl/α,β-unsaturated/α-hetero) is 1. The molecule has 198 valence electrons. The van der Waals surface area contributed by atoms with Crippen molar-refractivity contribution in [2.45, 2.75) is 13.0 Å². The number of nitro groups is 1. The minimum atomic E-state index is -1.42. The summed E-state index contributed by atoms with van der Waals surface area (Å²) in [5.41, 5.74) is 1.33. The van der Waals surface area contributed by atoms with E-state index in [1.165, 1.54) is 48.5 Å². The number of ether oxygens (including phenoxy) is 1. The second-order valence-corrected chi connectivity index (χ2v) is 9.44. The van der Waals surface area contributed by atoms with E-state index in [1.54, 1.807) is 49.4 Å². The van der Waals surface area contributed by atoms with Gasteiger partial charge in [-0.2, -0.15) is 0 Å². The van der Waals surface area contributed by atoms with Crippen LogP contribution in [-0.2, 0) is 4.74 Å². The number of aryl methyl sites for hydroxylation is 1. The smallest absolute Gasteiger partial charge is 0.339 e. The number of carbonyl (C=O) groups is 4. The van der Waals surface area contributed by atoms with Gasteiger partial charge in [0.2, 0.25) is 5.78 Å². The van der Waals surface area contributed by atoms with Gasteiger partial charge in [-0.15, -0.1) is 0 Å². The summed E-state index contributed by atoms with van der Waals surface area (Å²) in [5.74, 6) is -2.66. The first-order valence-corrected chi connectivity index (χ1v) is 12.4. The summed E-state index contributed by atoms with van der Waals surface area (Å²) in [7, 11) is 0. The van der Waals surface area contributed by atoms with E-state index in [0.29, 0.717) is 16.3 Å². The van der Waals surface area contributed by atoms with Crippen LogP contribution >= 0.6 is 11.6 Å². The lowest BCUT2D eigenvalue weighted by molar-refractivity contribution is -0.384. The summed E-state index contributed by atoms with van der Waals surface area (Å²) in [6, 6.07) is 22.0. The molecular formula is C30H19ClN2O7. The van der Waals surface area contributed by atoms with E-state index >= 15 is 0 Å². The van der Waals surface area contributed by atoms with Gasteiger partial charge in [0.25, 0.3) is 17.5 Å². The molecule has 0 N–H and O–H groups in total. The number of hydrogen-bond donors (Lipinski definition) is 0. The Kier molecular flexibility index (Phi) is 6.98. The van der Waals surface area contributed by atoms with E-state index in [0.717, 1.165) is 4.90 Å². The van der Waals surface area contributed by atoms with Crippen molar-refractivity contribution >= 4 is 46.5 Å². The van der Waals surface area contributed by atoms with Crippen LogP contribution in [0.1, 0.15) is 58.7 Å². The van der Waals surface area contributed by atoms with E-state index < -0.39 is 34.6 Å². The summed E-state index contributed by atoms with van der Waals surface area (Å²) in [6.45, 7) is 1.74. The van der Waals surface area contributed by atoms with Crippen LogP contribution in [0.2, 0.25) is 5.02 Å². The zero-order valence-electron chi connectivity index (χ0n) is 20.9. The van der Waals surface area contributed by atoms with Gasteiger partial charge < -0.3 is 4.74 Å². The van der Waals surface area contributed by atoms with Gasteiger partial charge in [-0.05, 0) is 55.0 Å². The van der Waals surface area contributed by atoms with E-state index in [4.69, 9.17) is 16.3 Å². The number of nitro benzene ring substituents is 1. The zero-order valence-corrected chi connectivity index (χ0v) is 21.6. The molecule has 40 heavy (non-hydrogen) atoms. The first-order chi connectivity index (χ1) is 19.2. The third-order valence-electron chi connectivity index (χ3n) is 6.46. The largest absolute Gasteiger partial charge is 0.445 e. The Morgan fingerprint density at radius 1 is 0.850 bits per heavy atom. The van der Waals surface area contributed by atoms with Gasteiger partial charge in [0.1, 0.15) is 0 Å². The molecule has 0 radical (unpaired) electrons. The monoisotopic (exact) mass is 554 g/mol. The maximum Gasteiger partial charge on any atom is 0.339 e. The Morgan fingerprint density at radius 3 is 2.20 bits per heavy atom. The number of non-ortho nitro benzene ring substituents is 1. The number of nitrogens with zero attached hydrogens (tertiary/aromatic N) is 2. The van der Waals surface area contributed by atoms with Gasteiger partial charge in [0.15, 0.2) is 6.10 Å². The average Bonchev–Trinajstić information content (AvgIpc) is 3.21. The van der Waals surface area contributed by atoms with Gasteiger partial charge in [0, 0.05) is 28.3 Å². The maximum absolute atomic E-state index is 13.3. The van der Waals surface area contributed by atoms with Crippen LogP contribution in [0.5, 0.6) is 0 Å². The number of amides is 2. The number of imide groups is 1. The number of esters is 1. The third kappa shape index (κ3) is 4.85. The van der Waals surface area contributed by atoms with Gasteiger partial charge in [0.05, 0.1) is 27.3 Å². The molecule has 1 aliphatic rings. The molecule has 4 aromatic rings. The highest BCUT2D eigenvalue weighted by Gasteiger charge is 2.38. The van der Waals surface area contributed by atoms with Crippen LogP contribution in [0, 0.1) is 17.0 Å².